The molecular weight excluding hydrogens is 1060 g/mol. The molecule has 11 heteroatoms. The fourth-order valence-electron chi connectivity index (χ4n) is 11.7. The van der Waals surface area contributed by atoms with Gasteiger partial charge in [0.05, 0.1) is 25.4 Å². The lowest BCUT2D eigenvalue weighted by molar-refractivity contribution is -0.305. The molecule has 1 saturated heterocycles. The number of amides is 1. The molecule has 6 N–H and O–H groups in total. The second kappa shape index (κ2) is 62.1. The van der Waals surface area contributed by atoms with Crippen molar-refractivity contribution in [3.05, 3.63) is 36.5 Å². The van der Waals surface area contributed by atoms with Crippen LogP contribution in [0, 0.1) is 0 Å². The van der Waals surface area contributed by atoms with Gasteiger partial charge in [0, 0.05) is 6.42 Å². The second-order valence-electron chi connectivity index (χ2n) is 25.7. The summed E-state index contributed by atoms with van der Waals surface area (Å²) in [5.74, 6) is -1.18. The Morgan fingerprint density at radius 2 is 0.812 bits per heavy atom. The third-order valence-electron chi connectivity index (χ3n) is 17.5. The summed E-state index contributed by atoms with van der Waals surface area (Å²) >= 11 is 0. The van der Waals surface area contributed by atoms with Gasteiger partial charge >= 0.3 is 5.97 Å². The summed E-state index contributed by atoms with van der Waals surface area (Å²) in [5, 5.41) is 57.3. The number of nitrogens with one attached hydrogen (secondary N) is 1. The molecule has 0 aromatic heterocycles. The largest absolute Gasteiger partial charge is 0.454 e. The average Bonchev–Trinajstić information content (AvgIpc) is 2.49. The number of rotatable bonds is 64. The number of carbonyl (C=O) groups excluding carboxylic acids is 2. The van der Waals surface area contributed by atoms with E-state index >= 15 is 0 Å². The van der Waals surface area contributed by atoms with E-state index in [1.165, 1.54) is 244 Å². The molecule has 0 aromatic carbocycles. The quantitative estimate of drug-likeness (QED) is 0.0195. The molecule has 1 rings (SSSR count). The molecule has 1 fully saturated rings. The summed E-state index contributed by atoms with van der Waals surface area (Å²) in [5.41, 5.74) is 0. The van der Waals surface area contributed by atoms with Crippen molar-refractivity contribution in [1.82, 2.24) is 5.32 Å². The molecule has 0 bridgehead atoms. The number of aliphatic hydroxyl groups excluding tert-OH is 5. The summed E-state index contributed by atoms with van der Waals surface area (Å²) in [6.07, 6.45) is 66.2. The second-order valence-corrected chi connectivity index (χ2v) is 25.7. The van der Waals surface area contributed by atoms with Gasteiger partial charge in [-0.15, -0.1) is 0 Å². The molecule has 0 aromatic rings. The van der Waals surface area contributed by atoms with Crippen LogP contribution in [0.25, 0.3) is 0 Å². The highest BCUT2D eigenvalue weighted by Gasteiger charge is 2.47. The Morgan fingerprint density at radius 1 is 0.459 bits per heavy atom. The maximum absolute atomic E-state index is 13.5. The first-order chi connectivity index (χ1) is 41.7. The van der Waals surface area contributed by atoms with Crippen molar-refractivity contribution in [2.75, 3.05) is 13.2 Å². The lowest BCUT2D eigenvalue weighted by Crippen LogP contribution is -2.61. The van der Waals surface area contributed by atoms with E-state index in [9.17, 15) is 35.1 Å². The van der Waals surface area contributed by atoms with Crippen LogP contribution in [0.4, 0.5) is 0 Å². The molecule has 8 atom stereocenters. The van der Waals surface area contributed by atoms with Gasteiger partial charge in [0.1, 0.15) is 24.4 Å². The Labute approximate surface area is 523 Å². The number of aliphatic hydroxyl groups is 5. The predicted octanol–water partition coefficient (Wildman–Crippen LogP) is 19.0. The topological polar surface area (TPSA) is 175 Å². The number of ether oxygens (including phenoxy) is 3. The number of hydrogen-bond donors (Lipinski definition) is 6. The monoisotopic (exact) mass is 1200 g/mol. The lowest BCUT2D eigenvalue weighted by Gasteiger charge is -2.41. The fraction of sp³-hybridized carbons (Fsp3) is 0.892. The zero-order valence-corrected chi connectivity index (χ0v) is 55.8. The molecule has 8 unspecified atom stereocenters. The SMILES string of the molecule is CCCCC/C=C\C/C=C\CCCCCCCCCCCC(=O)OC1C(OCC(NC(=O)C(O)CCCCCCCCCCCCCCCCCCCCCCCCCC)C(O)/C=C/CCCCCCCCCCCCC)OC(CO)C(O)C1O. The zero-order chi connectivity index (χ0) is 61.7. The molecule has 1 amide bonds. The van der Waals surface area contributed by atoms with Crippen LogP contribution in [0.1, 0.15) is 361 Å². The number of allylic oxidation sites excluding steroid dienone is 5. The maximum Gasteiger partial charge on any atom is 0.306 e. The number of carbonyl (C=O) groups is 2. The molecule has 0 saturated carbocycles. The molecule has 1 heterocycles. The molecule has 85 heavy (non-hydrogen) atoms. The van der Waals surface area contributed by atoms with Gasteiger partial charge < -0.3 is 45.1 Å². The molecule has 11 nitrogen and oxygen atoms in total. The van der Waals surface area contributed by atoms with Gasteiger partial charge in [-0.1, -0.05) is 333 Å². The first kappa shape index (κ1) is 80.9. The van der Waals surface area contributed by atoms with Crippen molar-refractivity contribution in [2.45, 2.75) is 410 Å². The molecule has 1 aliphatic heterocycles. The van der Waals surface area contributed by atoms with Crippen molar-refractivity contribution in [2.24, 2.45) is 0 Å². The van der Waals surface area contributed by atoms with E-state index in [1.54, 1.807) is 6.08 Å². The van der Waals surface area contributed by atoms with E-state index in [0.29, 0.717) is 19.3 Å². The summed E-state index contributed by atoms with van der Waals surface area (Å²) in [6.45, 7) is 5.83. The molecule has 0 radical (unpaired) electrons. The predicted molar refractivity (Wildman–Crippen MR) is 357 cm³/mol. The van der Waals surface area contributed by atoms with Gasteiger partial charge in [0.25, 0.3) is 0 Å². The Hall–Kier alpha value is -2.12. The normalized spacial score (nSPS) is 18.5. The van der Waals surface area contributed by atoms with Crippen LogP contribution in [0.2, 0.25) is 0 Å². The van der Waals surface area contributed by atoms with E-state index < -0.39 is 67.4 Å². The van der Waals surface area contributed by atoms with Crippen molar-refractivity contribution in [1.29, 1.82) is 0 Å². The highest BCUT2D eigenvalue weighted by molar-refractivity contribution is 5.80. The Kier molecular flexibility index (Phi) is 59.1. The highest BCUT2D eigenvalue weighted by Crippen LogP contribution is 2.27. The van der Waals surface area contributed by atoms with Crippen molar-refractivity contribution in [3.8, 4) is 0 Å². The standard InChI is InChI=1S/C74H139NO10/c1-4-7-10-13-16-19-22-25-27-29-31-32-33-34-35-37-38-40-43-46-49-52-55-58-61-67(78)73(82)75-65(66(77)60-57-54-51-48-45-42-24-21-18-15-12-9-6-3)64-83-74-72(71(81)70(80)68(63-76)84-74)85-69(79)62-59-56-53-50-47-44-41-39-36-30-28-26-23-20-17-14-11-8-5-2/h17,20,26,28,57,60,65-68,70-72,74,76-78,80-81H,4-16,18-19,21-25,27,29-56,58-59,61-64H2,1-3H3,(H,75,82)/b20-17-,28-26-,60-57+. The molecule has 0 spiro atoms. The van der Waals surface area contributed by atoms with Crippen LogP contribution in [0.5, 0.6) is 0 Å². The Bertz CT molecular complexity index is 1520. The van der Waals surface area contributed by atoms with Gasteiger partial charge in [0.2, 0.25) is 5.91 Å². The first-order valence-corrected chi connectivity index (χ1v) is 36.8. The van der Waals surface area contributed by atoms with E-state index in [0.717, 1.165) is 70.6 Å². The molecule has 500 valence electrons. The smallest absolute Gasteiger partial charge is 0.306 e. The number of unbranched alkanes of at least 4 members (excludes halogenated alkanes) is 46. The molecule has 1 aliphatic rings. The third-order valence-corrected chi connectivity index (χ3v) is 17.5. The van der Waals surface area contributed by atoms with E-state index in [1.807, 2.05) is 6.08 Å². The summed E-state index contributed by atoms with van der Waals surface area (Å²) in [6, 6.07) is -1.02. The highest BCUT2D eigenvalue weighted by atomic mass is 16.7. The Morgan fingerprint density at radius 3 is 1.22 bits per heavy atom. The molecule has 0 aliphatic carbocycles. The summed E-state index contributed by atoms with van der Waals surface area (Å²) in [4.78, 5) is 26.7. The fourth-order valence-corrected chi connectivity index (χ4v) is 11.7. The van der Waals surface area contributed by atoms with Gasteiger partial charge in [-0.25, -0.2) is 0 Å². The van der Waals surface area contributed by atoms with Gasteiger partial charge in [-0.05, 0) is 57.8 Å². The summed E-state index contributed by atoms with van der Waals surface area (Å²) in [7, 11) is 0. The third kappa shape index (κ3) is 49.4. The van der Waals surface area contributed by atoms with Gasteiger partial charge in [0.15, 0.2) is 12.4 Å². The van der Waals surface area contributed by atoms with E-state index in [-0.39, 0.29) is 13.0 Å². The lowest BCUT2D eigenvalue weighted by atomic mass is 9.99. The maximum atomic E-state index is 13.5. The summed E-state index contributed by atoms with van der Waals surface area (Å²) < 4.78 is 17.7. The van der Waals surface area contributed by atoms with Crippen LogP contribution in [-0.4, -0.2) is 99.6 Å². The Balaban J connectivity index is 2.56. The van der Waals surface area contributed by atoms with Crippen LogP contribution in [-0.2, 0) is 23.8 Å². The average molecular weight is 1200 g/mol. The van der Waals surface area contributed by atoms with E-state index in [4.69, 9.17) is 14.2 Å². The van der Waals surface area contributed by atoms with Gasteiger partial charge in [-0.2, -0.15) is 0 Å². The molecular formula is C74H139NO10. The first-order valence-electron chi connectivity index (χ1n) is 36.8. The van der Waals surface area contributed by atoms with Crippen LogP contribution >= 0.6 is 0 Å². The van der Waals surface area contributed by atoms with Crippen LogP contribution in [0.3, 0.4) is 0 Å². The van der Waals surface area contributed by atoms with Crippen LogP contribution < -0.4 is 5.32 Å². The number of hydrogen-bond acceptors (Lipinski definition) is 10. The minimum Gasteiger partial charge on any atom is -0.454 e. The van der Waals surface area contributed by atoms with E-state index in [2.05, 4.69) is 50.4 Å². The van der Waals surface area contributed by atoms with Crippen LogP contribution in [0.15, 0.2) is 36.5 Å². The zero-order valence-electron chi connectivity index (χ0n) is 55.8. The van der Waals surface area contributed by atoms with Gasteiger partial charge in [-0.3, -0.25) is 9.59 Å². The van der Waals surface area contributed by atoms with Crippen molar-refractivity contribution >= 4 is 11.9 Å². The number of esters is 1. The van der Waals surface area contributed by atoms with Crippen molar-refractivity contribution < 1.29 is 49.3 Å². The van der Waals surface area contributed by atoms with Crippen molar-refractivity contribution in [3.63, 3.8) is 0 Å². The minimum atomic E-state index is -1.61. The minimum absolute atomic E-state index is 0.121.